The molecule has 0 aliphatic heterocycles. The summed E-state index contributed by atoms with van der Waals surface area (Å²) in [6.07, 6.45) is 0. The van der Waals surface area contributed by atoms with E-state index in [9.17, 15) is 13.6 Å². The molecule has 1 heterocycles. The predicted octanol–water partition coefficient (Wildman–Crippen LogP) is 2.93. The molecule has 1 aromatic carbocycles. The molecule has 0 bridgehead atoms. The van der Waals surface area contributed by atoms with Gasteiger partial charge in [0.25, 0.3) is 5.91 Å². The van der Waals surface area contributed by atoms with Crippen molar-refractivity contribution >= 4 is 22.9 Å². The highest BCUT2D eigenvalue weighted by Crippen LogP contribution is 2.24. The summed E-state index contributed by atoms with van der Waals surface area (Å²) in [7, 11) is 0. The molecule has 0 spiro atoms. The van der Waals surface area contributed by atoms with Gasteiger partial charge in [-0.05, 0) is 30.7 Å². The second kappa shape index (κ2) is 6.48. The van der Waals surface area contributed by atoms with Gasteiger partial charge in [-0.1, -0.05) is 17.9 Å². The molecule has 0 aliphatic carbocycles. The van der Waals surface area contributed by atoms with Gasteiger partial charge in [0.2, 0.25) is 0 Å². The Balaban J connectivity index is 2.25. The summed E-state index contributed by atoms with van der Waals surface area (Å²) in [5.41, 5.74) is 0.289. The molecule has 0 fully saturated rings. The summed E-state index contributed by atoms with van der Waals surface area (Å²) in [5, 5.41) is 10.9. The van der Waals surface area contributed by atoms with E-state index in [2.05, 4.69) is 17.2 Å². The molecular formula is C15H11F2NO2S. The molecule has 0 saturated carbocycles. The highest BCUT2D eigenvalue weighted by atomic mass is 32.1. The molecule has 108 valence electrons. The smallest absolute Gasteiger partial charge is 0.265 e. The Labute approximate surface area is 124 Å². The molecule has 1 aromatic heterocycles. The third-order valence-corrected chi connectivity index (χ3v) is 3.78. The third kappa shape index (κ3) is 3.45. The number of benzene rings is 1. The molecule has 0 atom stereocenters. The van der Waals surface area contributed by atoms with Crippen LogP contribution in [0.2, 0.25) is 0 Å². The number of para-hydroxylation sites is 1. The van der Waals surface area contributed by atoms with Gasteiger partial charge < -0.3 is 10.4 Å². The maximum Gasteiger partial charge on any atom is 0.265 e. The first-order valence-corrected chi connectivity index (χ1v) is 6.80. The summed E-state index contributed by atoms with van der Waals surface area (Å²) < 4.78 is 27.0. The summed E-state index contributed by atoms with van der Waals surface area (Å²) >= 11 is 1.10. The van der Waals surface area contributed by atoms with Crippen molar-refractivity contribution < 1.29 is 18.7 Å². The van der Waals surface area contributed by atoms with Gasteiger partial charge in [0.05, 0.1) is 9.75 Å². The number of carbonyl (C=O) groups is 1. The van der Waals surface area contributed by atoms with Crippen molar-refractivity contribution in [3.63, 3.8) is 0 Å². The van der Waals surface area contributed by atoms with Crippen molar-refractivity contribution in [1.29, 1.82) is 0 Å². The average molecular weight is 307 g/mol. The van der Waals surface area contributed by atoms with Gasteiger partial charge in [-0.15, -0.1) is 11.3 Å². The topological polar surface area (TPSA) is 49.3 Å². The van der Waals surface area contributed by atoms with Crippen LogP contribution in [0.3, 0.4) is 0 Å². The quantitative estimate of drug-likeness (QED) is 0.838. The number of carbonyl (C=O) groups excluding carboxylic acids is 1. The predicted molar refractivity (Wildman–Crippen MR) is 77.3 cm³/mol. The number of anilines is 1. The van der Waals surface area contributed by atoms with Crippen molar-refractivity contribution in [2.45, 2.75) is 6.92 Å². The molecule has 3 nitrogen and oxygen atoms in total. The molecule has 2 aromatic rings. The fourth-order valence-corrected chi connectivity index (χ4v) is 2.57. The Bertz CT molecular complexity index is 724. The van der Waals surface area contributed by atoms with Gasteiger partial charge in [-0.3, -0.25) is 4.79 Å². The Morgan fingerprint density at radius 2 is 2.05 bits per heavy atom. The number of nitrogens with one attached hydrogen (secondary N) is 1. The first-order valence-electron chi connectivity index (χ1n) is 5.98. The average Bonchev–Trinajstić information content (AvgIpc) is 2.82. The fourth-order valence-electron chi connectivity index (χ4n) is 1.63. The fraction of sp³-hybridized carbons (Fsp3) is 0.133. The number of rotatable bonds is 2. The van der Waals surface area contributed by atoms with E-state index in [-0.39, 0.29) is 11.5 Å². The number of hydrogen-bond acceptors (Lipinski definition) is 3. The van der Waals surface area contributed by atoms with Gasteiger partial charge in [0, 0.05) is 0 Å². The highest BCUT2D eigenvalue weighted by Gasteiger charge is 2.16. The maximum atomic E-state index is 13.5. The Morgan fingerprint density at radius 3 is 2.67 bits per heavy atom. The van der Waals surface area contributed by atoms with Crippen LogP contribution in [0.15, 0.2) is 24.3 Å². The SMILES string of the molecule is Cc1cc(C(=O)Nc2c(F)cccc2F)sc1C#CCO. The van der Waals surface area contributed by atoms with Crippen LogP contribution >= 0.6 is 11.3 Å². The molecular weight excluding hydrogens is 296 g/mol. The zero-order valence-electron chi connectivity index (χ0n) is 11.0. The van der Waals surface area contributed by atoms with Gasteiger partial charge in [-0.2, -0.15) is 0 Å². The van der Waals surface area contributed by atoms with Crippen LogP contribution in [-0.2, 0) is 0 Å². The minimum Gasteiger partial charge on any atom is -0.384 e. The van der Waals surface area contributed by atoms with Crippen LogP contribution < -0.4 is 5.32 Å². The van der Waals surface area contributed by atoms with E-state index < -0.39 is 23.2 Å². The van der Waals surface area contributed by atoms with Gasteiger partial charge >= 0.3 is 0 Å². The first kappa shape index (κ1) is 15.2. The van der Waals surface area contributed by atoms with E-state index in [0.717, 1.165) is 29.0 Å². The van der Waals surface area contributed by atoms with Gasteiger partial charge in [0.1, 0.15) is 23.9 Å². The standard InChI is InChI=1S/C15H11F2NO2S/c1-9-8-13(21-12(9)6-3-7-19)15(20)18-14-10(16)4-2-5-11(14)17/h2,4-5,8,19H,7H2,1H3,(H,18,20). The first-order chi connectivity index (χ1) is 10.0. The maximum absolute atomic E-state index is 13.5. The Morgan fingerprint density at radius 1 is 1.38 bits per heavy atom. The van der Waals surface area contributed by atoms with Crippen LogP contribution in [0.4, 0.5) is 14.5 Å². The third-order valence-electron chi connectivity index (χ3n) is 2.62. The molecule has 0 saturated heterocycles. The summed E-state index contributed by atoms with van der Waals surface area (Å²) in [4.78, 5) is 12.9. The molecule has 0 radical (unpaired) electrons. The van der Waals surface area contributed by atoms with Crippen LogP contribution in [-0.4, -0.2) is 17.6 Å². The summed E-state index contributed by atoms with van der Waals surface area (Å²) in [6, 6.07) is 4.94. The van der Waals surface area contributed by atoms with Crippen molar-refractivity contribution in [3.05, 3.63) is 51.2 Å². The van der Waals surface area contributed by atoms with Crippen molar-refractivity contribution in [2.75, 3.05) is 11.9 Å². The second-order valence-corrected chi connectivity index (χ2v) is 5.19. The summed E-state index contributed by atoms with van der Waals surface area (Å²) in [6.45, 7) is 1.48. The van der Waals surface area contributed by atoms with Crippen LogP contribution in [0, 0.1) is 30.4 Å². The minimum absolute atomic E-state index is 0.278. The van der Waals surface area contributed by atoms with E-state index in [0.29, 0.717) is 4.88 Å². The molecule has 6 heteroatoms. The lowest BCUT2D eigenvalue weighted by molar-refractivity contribution is 0.102. The number of halogens is 2. The van der Waals surface area contributed by atoms with Gasteiger partial charge in [-0.25, -0.2) is 8.78 Å². The lowest BCUT2D eigenvalue weighted by Gasteiger charge is -2.05. The molecule has 1 amide bonds. The van der Waals surface area contributed by atoms with Crippen molar-refractivity contribution in [3.8, 4) is 11.8 Å². The largest absolute Gasteiger partial charge is 0.384 e. The van der Waals surface area contributed by atoms with Gasteiger partial charge in [0.15, 0.2) is 0 Å². The van der Waals surface area contributed by atoms with Crippen molar-refractivity contribution in [1.82, 2.24) is 0 Å². The molecule has 0 unspecified atom stereocenters. The Kier molecular flexibility index (Phi) is 4.68. The number of thiophene rings is 1. The lowest BCUT2D eigenvalue weighted by atomic mass is 10.2. The number of hydrogen-bond donors (Lipinski definition) is 2. The van der Waals surface area contributed by atoms with E-state index in [4.69, 9.17) is 5.11 Å². The lowest BCUT2D eigenvalue weighted by Crippen LogP contribution is -2.12. The summed E-state index contributed by atoms with van der Waals surface area (Å²) in [5.74, 6) is 2.93. The van der Waals surface area contributed by atoms with Crippen LogP contribution in [0.25, 0.3) is 0 Å². The number of amides is 1. The van der Waals surface area contributed by atoms with E-state index in [1.165, 1.54) is 6.07 Å². The molecule has 0 aliphatic rings. The van der Waals surface area contributed by atoms with Crippen LogP contribution in [0.1, 0.15) is 20.1 Å². The zero-order chi connectivity index (χ0) is 15.4. The normalized spacial score (nSPS) is 9.90. The number of aryl methyl sites for hydroxylation is 1. The van der Waals surface area contributed by atoms with E-state index in [1.54, 1.807) is 13.0 Å². The second-order valence-electron chi connectivity index (χ2n) is 4.13. The molecule has 21 heavy (non-hydrogen) atoms. The number of aliphatic hydroxyl groups is 1. The van der Waals surface area contributed by atoms with Crippen LogP contribution in [0.5, 0.6) is 0 Å². The monoisotopic (exact) mass is 307 g/mol. The molecule has 2 rings (SSSR count). The zero-order valence-corrected chi connectivity index (χ0v) is 11.9. The minimum atomic E-state index is -0.836. The van der Waals surface area contributed by atoms with E-state index >= 15 is 0 Å². The highest BCUT2D eigenvalue weighted by molar-refractivity contribution is 7.14. The van der Waals surface area contributed by atoms with E-state index in [1.807, 2.05) is 0 Å². The molecule has 2 N–H and O–H groups in total. The Hall–Kier alpha value is -2.23. The van der Waals surface area contributed by atoms with Crippen molar-refractivity contribution in [2.24, 2.45) is 0 Å². The number of aliphatic hydroxyl groups excluding tert-OH is 1.